The first-order valence-electron chi connectivity index (χ1n) is 8.85. The zero-order valence-corrected chi connectivity index (χ0v) is 15.7. The normalized spacial score (nSPS) is 10.1. The Labute approximate surface area is 167 Å². The van der Waals surface area contributed by atoms with Gasteiger partial charge >= 0.3 is 5.97 Å². The number of aromatic nitrogens is 1. The molecular formula is C22H19N3O4. The molecule has 2 amide bonds. The molecule has 1 aromatic heterocycles. The zero-order valence-electron chi connectivity index (χ0n) is 15.7. The number of pyridine rings is 1. The molecule has 3 rings (SSSR count). The molecule has 1 heterocycles. The minimum absolute atomic E-state index is 0.148. The Hall–Kier alpha value is -4.00. The fourth-order valence-corrected chi connectivity index (χ4v) is 2.58. The zero-order chi connectivity index (χ0) is 20.6. The summed E-state index contributed by atoms with van der Waals surface area (Å²) in [6.07, 6.45) is 1.41. The SMILES string of the molecule is COC(=O)c1ccc(NC(=O)c2ccnc(C(=O)NCc3ccccc3)c2)cc1. The molecule has 0 radical (unpaired) electrons. The van der Waals surface area contributed by atoms with Crippen LogP contribution >= 0.6 is 0 Å². The van der Waals surface area contributed by atoms with Gasteiger partial charge in [0.2, 0.25) is 0 Å². The molecule has 7 nitrogen and oxygen atoms in total. The molecule has 0 unspecified atom stereocenters. The average Bonchev–Trinajstić information content (AvgIpc) is 2.78. The summed E-state index contributed by atoms with van der Waals surface area (Å²) >= 11 is 0. The molecule has 0 saturated carbocycles. The van der Waals surface area contributed by atoms with Gasteiger partial charge in [-0.2, -0.15) is 0 Å². The monoisotopic (exact) mass is 389 g/mol. The van der Waals surface area contributed by atoms with Crippen LogP contribution in [-0.4, -0.2) is 29.9 Å². The number of hydrogen-bond donors (Lipinski definition) is 2. The standard InChI is InChI=1S/C22H19N3O4/c1-29-22(28)16-7-9-18(10-8-16)25-20(26)17-11-12-23-19(13-17)21(27)24-14-15-5-3-2-4-6-15/h2-13H,14H2,1H3,(H,24,27)(H,25,26). The molecule has 0 spiro atoms. The maximum absolute atomic E-state index is 12.5. The Morgan fingerprint density at radius 3 is 2.31 bits per heavy atom. The number of nitrogens with one attached hydrogen (secondary N) is 2. The van der Waals surface area contributed by atoms with Gasteiger partial charge < -0.3 is 15.4 Å². The van der Waals surface area contributed by atoms with Crippen LogP contribution in [0.25, 0.3) is 0 Å². The third kappa shape index (κ3) is 5.26. The number of nitrogens with zero attached hydrogens (tertiary/aromatic N) is 1. The molecule has 0 aliphatic carbocycles. The Kier molecular flexibility index (Phi) is 6.32. The molecule has 0 fully saturated rings. The van der Waals surface area contributed by atoms with Crippen molar-refractivity contribution in [2.75, 3.05) is 12.4 Å². The highest BCUT2D eigenvalue weighted by atomic mass is 16.5. The number of carbonyl (C=O) groups is 3. The number of esters is 1. The third-order valence-corrected chi connectivity index (χ3v) is 4.11. The molecule has 146 valence electrons. The number of amides is 2. The average molecular weight is 389 g/mol. The molecular weight excluding hydrogens is 370 g/mol. The van der Waals surface area contributed by atoms with E-state index in [1.807, 2.05) is 30.3 Å². The highest BCUT2D eigenvalue weighted by Crippen LogP contribution is 2.13. The van der Waals surface area contributed by atoms with Gasteiger partial charge in [-0.05, 0) is 42.0 Å². The van der Waals surface area contributed by atoms with Gasteiger partial charge in [0, 0.05) is 24.0 Å². The summed E-state index contributed by atoms with van der Waals surface area (Å²) in [6.45, 7) is 0.365. The second-order valence-electron chi connectivity index (χ2n) is 6.12. The van der Waals surface area contributed by atoms with Gasteiger partial charge in [0.05, 0.1) is 12.7 Å². The molecule has 2 N–H and O–H groups in total. The van der Waals surface area contributed by atoms with E-state index in [1.54, 1.807) is 24.3 Å². The maximum atomic E-state index is 12.5. The van der Waals surface area contributed by atoms with E-state index in [9.17, 15) is 14.4 Å². The van der Waals surface area contributed by atoms with Gasteiger partial charge in [-0.15, -0.1) is 0 Å². The molecule has 29 heavy (non-hydrogen) atoms. The van der Waals surface area contributed by atoms with Crippen molar-refractivity contribution in [2.24, 2.45) is 0 Å². The van der Waals surface area contributed by atoms with Crippen LogP contribution in [0.2, 0.25) is 0 Å². The van der Waals surface area contributed by atoms with Crippen LogP contribution < -0.4 is 10.6 Å². The smallest absolute Gasteiger partial charge is 0.337 e. The quantitative estimate of drug-likeness (QED) is 0.632. The predicted molar refractivity (Wildman–Crippen MR) is 108 cm³/mol. The summed E-state index contributed by atoms with van der Waals surface area (Å²) in [5.74, 6) is -1.22. The summed E-state index contributed by atoms with van der Waals surface area (Å²) < 4.78 is 4.64. The topological polar surface area (TPSA) is 97.4 Å². The van der Waals surface area contributed by atoms with E-state index in [1.165, 1.54) is 25.4 Å². The van der Waals surface area contributed by atoms with Crippen LogP contribution in [0.4, 0.5) is 5.69 Å². The minimum atomic E-state index is -0.455. The van der Waals surface area contributed by atoms with Crippen LogP contribution in [0.3, 0.4) is 0 Å². The van der Waals surface area contributed by atoms with Gasteiger partial charge in [0.15, 0.2) is 0 Å². The van der Waals surface area contributed by atoms with Gasteiger partial charge in [-0.25, -0.2) is 4.79 Å². The molecule has 3 aromatic rings. The lowest BCUT2D eigenvalue weighted by molar-refractivity contribution is 0.0600. The van der Waals surface area contributed by atoms with Crippen molar-refractivity contribution in [3.63, 3.8) is 0 Å². The van der Waals surface area contributed by atoms with Crippen molar-refractivity contribution in [3.8, 4) is 0 Å². The van der Waals surface area contributed by atoms with Crippen molar-refractivity contribution < 1.29 is 19.1 Å². The highest BCUT2D eigenvalue weighted by molar-refractivity contribution is 6.05. The molecule has 0 saturated heterocycles. The van der Waals surface area contributed by atoms with E-state index in [2.05, 4.69) is 20.4 Å². The first kappa shape index (κ1) is 19.8. The summed E-state index contributed by atoms with van der Waals surface area (Å²) in [6, 6.07) is 18.7. The number of benzene rings is 2. The summed E-state index contributed by atoms with van der Waals surface area (Å²) in [4.78, 5) is 40.3. The van der Waals surface area contributed by atoms with Crippen molar-refractivity contribution >= 4 is 23.5 Å². The van der Waals surface area contributed by atoms with Crippen molar-refractivity contribution in [2.45, 2.75) is 6.54 Å². The molecule has 0 bridgehead atoms. The van der Waals surface area contributed by atoms with Gasteiger partial charge in [-0.1, -0.05) is 30.3 Å². The van der Waals surface area contributed by atoms with Crippen LogP contribution in [0.1, 0.15) is 36.8 Å². The lowest BCUT2D eigenvalue weighted by atomic mass is 10.1. The first-order valence-corrected chi connectivity index (χ1v) is 8.85. The molecule has 0 atom stereocenters. The Bertz CT molecular complexity index is 1020. The van der Waals surface area contributed by atoms with E-state index < -0.39 is 11.9 Å². The number of anilines is 1. The van der Waals surface area contributed by atoms with Crippen molar-refractivity contribution in [1.29, 1.82) is 0 Å². The van der Waals surface area contributed by atoms with E-state index >= 15 is 0 Å². The van der Waals surface area contributed by atoms with Crippen LogP contribution in [0.5, 0.6) is 0 Å². The minimum Gasteiger partial charge on any atom is -0.465 e. The molecule has 0 aliphatic heterocycles. The van der Waals surface area contributed by atoms with E-state index in [0.29, 0.717) is 23.4 Å². The third-order valence-electron chi connectivity index (χ3n) is 4.11. The number of rotatable bonds is 6. The lowest BCUT2D eigenvalue weighted by Crippen LogP contribution is -2.24. The molecule has 0 aliphatic rings. The lowest BCUT2D eigenvalue weighted by Gasteiger charge is -2.08. The Morgan fingerprint density at radius 2 is 1.62 bits per heavy atom. The van der Waals surface area contributed by atoms with Crippen molar-refractivity contribution in [3.05, 3.63) is 95.3 Å². The second kappa shape index (κ2) is 9.27. The van der Waals surface area contributed by atoms with Crippen molar-refractivity contribution in [1.82, 2.24) is 10.3 Å². The fourth-order valence-electron chi connectivity index (χ4n) is 2.58. The first-order chi connectivity index (χ1) is 14.1. The van der Waals surface area contributed by atoms with Crippen LogP contribution in [0.15, 0.2) is 72.9 Å². The summed E-state index contributed by atoms with van der Waals surface area (Å²) in [5, 5.41) is 5.49. The fraction of sp³-hybridized carbons (Fsp3) is 0.0909. The van der Waals surface area contributed by atoms with E-state index in [0.717, 1.165) is 5.56 Å². The van der Waals surface area contributed by atoms with Gasteiger partial charge in [-0.3, -0.25) is 14.6 Å². The highest BCUT2D eigenvalue weighted by Gasteiger charge is 2.12. The number of methoxy groups -OCH3 is 1. The second-order valence-corrected chi connectivity index (χ2v) is 6.12. The largest absolute Gasteiger partial charge is 0.465 e. The van der Waals surface area contributed by atoms with E-state index in [4.69, 9.17) is 0 Å². The molecule has 2 aromatic carbocycles. The number of hydrogen-bond acceptors (Lipinski definition) is 5. The predicted octanol–water partition coefficient (Wildman–Crippen LogP) is 3.05. The summed E-state index contributed by atoms with van der Waals surface area (Å²) in [7, 11) is 1.30. The van der Waals surface area contributed by atoms with E-state index in [-0.39, 0.29) is 11.6 Å². The number of ether oxygens (including phenoxy) is 1. The van der Waals surface area contributed by atoms with Gasteiger partial charge in [0.25, 0.3) is 11.8 Å². The summed E-state index contributed by atoms with van der Waals surface area (Å²) in [5.41, 5.74) is 2.29. The Morgan fingerprint density at radius 1 is 0.897 bits per heavy atom. The number of carbonyl (C=O) groups excluding carboxylic acids is 3. The molecule has 7 heteroatoms. The van der Waals surface area contributed by atoms with Crippen LogP contribution in [0, 0.1) is 0 Å². The maximum Gasteiger partial charge on any atom is 0.337 e. The van der Waals surface area contributed by atoms with Gasteiger partial charge in [0.1, 0.15) is 5.69 Å². The Balaban J connectivity index is 1.64. The van der Waals surface area contributed by atoms with Crippen LogP contribution in [-0.2, 0) is 11.3 Å².